The molecule has 1 aromatic carbocycles. The van der Waals surface area contributed by atoms with Crippen LogP contribution < -0.4 is 9.47 Å². The molecule has 1 amide bonds. The normalized spacial score (nSPS) is 19.7. The Morgan fingerprint density at radius 1 is 1.20 bits per heavy atom. The first kappa shape index (κ1) is 22.3. The van der Waals surface area contributed by atoms with Crippen molar-refractivity contribution < 1.29 is 28.7 Å². The van der Waals surface area contributed by atoms with E-state index in [0.29, 0.717) is 19.7 Å². The molecule has 30 heavy (non-hydrogen) atoms. The second-order valence-electron chi connectivity index (χ2n) is 7.35. The van der Waals surface area contributed by atoms with Crippen molar-refractivity contribution in [1.82, 2.24) is 9.80 Å². The third kappa shape index (κ3) is 5.38. The number of ether oxygens (including phenoxy) is 4. The highest BCUT2D eigenvalue weighted by atomic mass is 16.6. The van der Waals surface area contributed by atoms with Crippen LogP contribution in [0.4, 0.5) is 5.69 Å². The summed E-state index contributed by atoms with van der Waals surface area (Å²) in [5, 5.41) is 11.6. The minimum atomic E-state index is -0.566. The predicted molar refractivity (Wildman–Crippen MR) is 108 cm³/mol. The Morgan fingerprint density at radius 3 is 2.57 bits per heavy atom. The molecule has 10 nitrogen and oxygen atoms in total. The zero-order valence-corrected chi connectivity index (χ0v) is 17.5. The van der Waals surface area contributed by atoms with Crippen LogP contribution in [0, 0.1) is 10.1 Å². The first-order valence-electron chi connectivity index (χ1n) is 10.1. The fraction of sp³-hybridized carbons (Fsp3) is 0.650. The summed E-state index contributed by atoms with van der Waals surface area (Å²) >= 11 is 0. The molecule has 1 aromatic rings. The average Bonchev–Trinajstić information content (AvgIpc) is 3.26. The molecule has 2 aliphatic rings. The van der Waals surface area contributed by atoms with Crippen molar-refractivity contribution in [1.29, 1.82) is 0 Å². The van der Waals surface area contributed by atoms with Gasteiger partial charge in [-0.15, -0.1) is 0 Å². The molecule has 2 fully saturated rings. The van der Waals surface area contributed by atoms with Crippen LogP contribution >= 0.6 is 0 Å². The number of hydrogen-bond donors (Lipinski definition) is 0. The molecule has 0 spiro atoms. The Labute approximate surface area is 175 Å². The number of nitro groups is 1. The lowest BCUT2D eigenvalue weighted by Gasteiger charge is -2.35. The van der Waals surface area contributed by atoms with Crippen LogP contribution in [0.15, 0.2) is 12.1 Å². The van der Waals surface area contributed by atoms with Crippen LogP contribution in [0.1, 0.15) is 23.2 Å². The molecular formula is C20H29N3O7. The van der Waals surface area contributed by atoms with Gasteiger partial charge >= 0.3 is 0 Å². The second-order valence-corrected chi connectivity index (χ2v) is 7.35. The maximum Gasteiger partial charge on any atom is 0.286 e. The Kier molecular flexibility index (Phi) is 7.83. The average molecular weight is 423 g/mol. The summed E-state index contributed by atoms with van der Waals surface area (Å²) in [7, 11) is 2.97. The molecule has 0 N–H and O–H groups in total. The SMILES string of the molecule is COCCOc1cc([N+](=O)[O-])c(C(=O)N2CCN(CC3CCCO3)CC2)cc1OC. The lowest BCUT2D eigenvalue weighted by Crippen LogP contribution is -2.50. The lowest BCUT2D eigenvalue weighted by atomic mass is 10.1. The highest BCUT2D eigenvalue weighted by Crippen LogP contribution is 2.35. The monoisotopic (exact) mass is 423 g/mol. The fourth-order valence-corrected chi connectivity index (χ4v) is 3.76. The number of carbonyl (C=O) groups excluding carboxylic acids is 1. The van der Waals surface area contributed by atoms with E-state index in [1.807, 2.05) is 0 Å². The molecule has 3 rings (SSSR count). The van der Waals surface area contributed by atoms with E-state index >= 15 is 0 Å². The van der Waals surface area contributed by atoms with Crippen LogP contribution in [-0.2, 0) is 9.47 Å². The van der Waals surface area contributed by atoms with E-state index in [1.54, 1.807) is 4.90 Å². The van der Waals surface area contributed by atoms with Gasteiger partial charge in [-0.05, 0) is 12.8 Å². The molecule has 0 bridgehead atoms. The number of hydrogen-bond acceptors (Lipinski definition) is 8. The maximum atomic E-state index is 13.1. The lowest BCUT2D eigenvalue weighted by molar-refractivity contribution is -0.385. The van der Waals surface area contributed by atoms with Crippen molar-refractivity contribution in [2.45, 2.75) is 18.9 Å². The third-order valence-electron chi connectivity index (χ3n) is 5.40. The van der Waals surface area contributed by atoms with E-state index in [0.717, 1.165) is 39.1 Å². The summed E-state index contributed by atoms with van der Waals surface area (Å²) in [6, 6.07) is 2.64. The minimum absolute atomic E-state index is 0.00326. The molecule has 1 atom stereocenters. The first-order valence-corrected chi connectivity index (χ1v) is 10.1. The van der Waals surface area contributed by atoms with Crippen molar-refractivity contribution >= 4 is 11.6 Å². The minimum Gasteiger partial charge on any atom is -0.493 e. The number of nitro benzene ring substituents is 1. The molecule has 2 aliphatic heterocycles. The number of benzene rings is 1. The fourth-order valence-electron chi connectivity index (χ4n) is 3.76. The second kappa shape index (κ2) is 10.6. The summed E-state index contributed by atoms with van der Waals surface area (Å²) in [5.74, 6) is 0.108. The Balaban J connectivity index is 1.70. The summed E-state index contributed by atoms with van der Waals surface area (Å²) in [6.45, 7) is 4.68. The molecule has 1 unspecified atom stereocenters. The first-order chi connectivity index (χ1) is 14.5. The quantitative estimate of drug-likeness (QED) is 0.335. The number of methoxy groups -OCH3 is 2. The highest BCUT2D eigenvalue weighted by Gasteiger charge is 2.31. The van der Waals surface area contributed by atoms with Crippen LogP contribution in [0.25, 0.3) is 0 Å². The van der Waals surface area contributed by atoms with Crippen LogP contribution in [0.2, 0.25) is 0 Å². The highest BCUT2D eigenvalue weighted by molar-refractivity contribution is 5.99. The smallest absolute Gasteiger partial charge is 0.286 e. The molecule has 0 aromatic heterocycles. The molecule has 0 radical (unpaired) electrons. The molecule has 166 valence electrons. The third-order valence-corrected chi connectivity index (χ3v) is 5.40. The molecule has 0 saturated carbocycles. The van der Waals surface area contributed by atoms with Crippen molar-refractivity contribution in [3.63, 3.8) is 0 Å². The van der Waals surface area contributed by atoms with E-state index in [-0.39, 0.29) is 41.4 Å². The number of rotatable bonds is 9. The number of nitrogens with zero attached hydrogens (tertiary/aromatic N) is 3. The van der Waals surface area contributed by atoms with Crippen LogP contribution in [0.3, 0.4) is 0 Å². The number of amides is 1. The van der Waals surface area contributed by atoms with Crippen molar-refractivity contribution in [3.05, 3.63) is 27.8 Å². The van der Waals surface area contributed by atoms with Gasteiger partial charge in [0.25, 0.3) is 11.6 Å². The molecule has 2 saturated heterocycles. The van der Waals surface area contributed by atoms with Gasteiger partial charge in [0.15, 0.2) is 11.5 Å². The van der Waals surface area contributed by atoms with Gasteiger partial charge in [-0.1, -0.05) is 0 Å². The van der Waals surface area contributed by atoms with E-state index in [1.165, 1.54) is 26.4 Å². The standard InChI is InChI=1S/C20H29N3O7/c1-27-10-11-30-19-13-17(23(25)26)16(12-18(19)28-2)20(24)22-7-5-21(6-8-22)14-15-4-3-9-29-15/h12-13,15H,3-11,14H2,1-2H3. The number of piperazine rings is 1. The molecular weight excluding hydrogens is 394 g/mol. The summed E-state index contributed by atoms with van der Waals surface area (Å²) in [5.41, 5.74) is -0.293. The summed E-state index contributed by atoms with van der Waals surface area (Å²) in [6.07, 6.45) is 2.44. The number of carbonyl (C=O) groups is 1. The van der Waals surface area contributed by atoms with Crippen molar-refractivity contribution in [2.24, 2.45) is 0 Å². The predicted octanol–water partition coefficient (Wildman–Crippen LogP) is 1.57. The van der Waals surface area contributed by atoms with Gasteiger partial charge in [0.05, 0.1) is 30.8 Å². The van der Waals surface area contributed by atoms with Gasteiger partial charge in [0.1, 0.15) is 12.2 Å². The van der Waals surface area contributed by atoms with Crippen LogP contribution in [0.5, 0.6) is 11.5 Å². The van der Waals surface area contributed by atoms with Crippen molar-refractivity contribution in [2.75, 3.05) is 66.8 Å². The zero-order chi connectivity index (χ0) is 21.5. The van der Waals surface area contributed by atoms with Crippen molar-refractivity contribution in [3.8, 4) is 11.5 Å². The van der Waals surface area contributed by atoms with Crippen LogP contribution in [-0.4, -0.2) is 93.5 Å². The summed E-state index contributed by atoms with van der Waals surface area (Å²) < 4.78 is 21.4. The Morgan fingerprint density at radius 2 is 1.97 bits per heavy atom. The van der Waals surface area contributed by atoms with Gasteiger partial charge in [-0.3, -0.25) is 19.8 Å². The van der Waals surface area contributed by atoms with Gasteiger partial charge in [0, 0.05) is 52.5 Å². The molecule has 0 aliphatic carbocycles. The van der Waals surface area contributed by atoms with E-state index in [2.05, 4.69) is 4.90 Å². The topological polar surface area (TPSA) is 104 Å². The van der Waals surface area contributed by atoms with Gasteiger partial charge in [-0.25, -0.2) is 0 Å². The maximum absolute atomic E-state index is 13.1. The zero-order valence-electron chi connectivity index (χ0n) is 17.5. The van der Waals surface area contributed by atoms with Gasteiger partial charge < -0.3 is 23.8 Å². The largest absolute Gasteiger partial charge is 0.493 e. The van der Waals surface area contributed by atoms with Gasteiger partial charge in [-0.2, -0.15) is 0 Å². The summed E-state index contributed by atoms with van der Waals surface area (Å²) in [4.78, 5) is 28.1. The van der Waals surface area contributed by atoms with E-state index in [9.17, 15) is 14.9 Å². The Bertz CT molecular complexity index is 744. The Hall–Kier alpha value is -2.43. The molecule has 10 heteroatoms. The van der Waals surface area contributed by atoms with Gasteiger partial charge in [0.2, 0.25) is 0 Å². The van der Waals surface area contributed by atoms with E-state index < -0.39 is 4.92 Å². The van der Waals surface area contributed by atoms with E-state index in [4.69, 9.17) is 18.9 Å². The molecule has 2 heterocycles.